The van der Waals surface area contributed by atoms with Crippen molar-refractivity contribution in [3.05, 3.63) is 42.2 Å². The van der Waals surface area contributed by atoms with Gasteiger partial charge in [0.1, 0.15) is 0 Å². The molecule has 0 bridgehead atoms. The van der Waals surface area contributed by atoms with Crippen LogP contribution in [0.15, 0.2) is 30.9 Å². The van der Waals surface area contributed by atoms with E-state index < -0.39 is 0 Å². The highest BCUT2D eigenvalue weighted by atomic mass is 15.1. The molecule has 0 atom stereocenters. The second kappa shape index (κ2) is 4.79. The Balaban J connectivity index is 1.99. The number of aryl methyl sites for hydroxylation is 2. The van der Waals surface area contributed by atoms with Crippen LogP contribution < -0.4 is 5.32 Å². The second-order valence-corrected chi connectivity index (χ2v) is 3.71. The zero-order valence-electron chi connectivity index (χ0n) is 9.64. The van der Waals surface area contributed by atoms with Gasteiger partial charge in [0.15, 0.2) is 0 Å². The zero-order chi connectivity index (χ0) is 11.4. The normalized spacial score (nSPS) is 10.4. The molecule has 16 heavy (non-hydrogen) atoms. The van der Waals surface area contributed by atoms with Crippen LogP contribution in [0.2, 0.25) is 0 Å². The molecule has 0 unspecified atom stereocenters. The maximum atomic E-state index is 4.24. The van der Waals surface area contributed by atoms with Crippen LogP contribution in [0.4, 0.5) is 5.69 Å². The highest BCUT2D eigenvalue weighted by Gasteiger charge is 1.99. The summed E-state index contributed by atoms with van der Waals surface area (Å²) >= 11 is 0. The van der Waals surface area contributed by atoms with Crippen LogP contribution >= 0.6 is 0 Å². The first-order valence-electron chi connectivity index (χ1n) is 5.45. The van der Waals surface area contributed by atoms with E-state index in [1.54, 1.807) is 0 Å². The molecule has 0 aromatic carbocycles. The monoisotopic (exact) mass is 216 g/mol. The summed E-state index contributed by atoms with van der Waals surface area (Å²) in [6.07, 6.45) is 5.59. The van der Waals surface area contributed by atoms with Crippen LogP contribution in [0.5, 0.6) is 0 Å². The van der Waals surface area contributed by atoms with E-state index in [2.05, 4.69) is 26.8 Å². The lowest BCUT2D eigenvalue weighted by Gasteiger charge is -2.08. The topological polar surface area (TPSA) is 42.7 Å². The summed E-state index contributed by atoms with van der Waals surface area (Å²) in [7, 11) is 0. The summed E-state index contributed by atoms with van der Waals surface area (Å²) in [5, 5.41) is 3.33. The second-order valence-electron chi connectivity index (χ2n) is 3.71. The quantitative estimate of drug-likeness (QED) is 0.852. The van der Waals surface area contributed by atoms with Crippen molar-refractivity contribution in [3.8, 4) is 0 Å². The minimum Gasteiger partial charge on any atom is -0.378 e. The van der Waals surface area contributed by atoms with E-state index in [1.165, 1.54) is 5.69 Å². The number of pyridine rings is 1. The number of hydrogen-bond acceptors (Lipinski definition) is 3. The molecule has 2 aromatic rings. The number of nitrogens with zero attached hydrogens (tertiary/aromatic N) is 3. The minimum absolute atomic E-state index is 0.776. The molecule has 0 amide bonds. The largest absolute Gasteiger partial charge is 0.378 e. The van der Waals surface area contributed by atoms with Crippen molar-refractivity contribution in [1.29, 1.82) is 0 Å². The average Bonchev–Trinajstić information content (AvgIpc) is 2.76. The van der Waals surface area contributed by atoms with Crippen LogP contribution in [0, 0.1) is 6.92 Å². The SMILES string of the molecule is CCn1cncc1CNc1ccc(C)nc1. The number of aromatic nitrogens is 3. The van der Waals surface area contributed by atoms with Gasteiger partial charge >= 0.3 is 0 Å². The summed E-state index contributed by atoms with van der Waals surface area (Å²) in [5.41, 5.74) is 3.25. The fourth-order valence-corrected chi connectivity index (χ4v) is 1.55. The third-order valence-corrected chi connectivity index (χ3v) is 2.52. The first kappa shape index (κ1) is 10.7. The van der Waals surface area contributed by atoms with Crippen molar-refractivity contribution in [3.63, 3.8) is 0 Å². The highest BCUT2D eigenvalue weighted by Crippen LogP contribution is 2.08. The molecule has 0 radical (unpaired) electrons. The van der Waals surface area contributed by atoms with Gasteiger partial charge in [-0.25, -0.2) is 4.98 Å². The van der Waals surface area contributed by atoms with Gasteiger partial charge in [-0.1, -0.05) is 0 Å². The Morgan fingerprint density at radius 2 is 2.19 bits per heavy atom. The maximum absolute atomic E-state index is 4.24. The molecule has 4 heteroatoms. The van der Waals surface area contributed by atoms with Gasteiger partial charge in [-0.2, -0.15) is 0 Å². The van der Waals surface area contributed by atoms with Crippen LogP contribution in [0.1, 0.15) is 18.3 Å². The third-order valence-electron chi connectivity index (χ3n) is 2.52. The standard InChI is InChI=1S/C12H16N4/c1-3-16-9-13-7-12(16)8-15-11-5-4-10(2)14-6-11/h4-7,9,15H,3,8H2,1-2H3. The molecule has 0 aliphatic rings. The van der Waals surface area contributed by atoms with Crippen molar-refractivity contribution in [2.75, 3.05) is 5.32 Å². The minimum atomic E-state index is 0.776. The predicted octanol–water partition coefficient (Wildman–Crippen LogP) is 2.22. The lowest BCUT2D eigenvalue weighted by Crippen LogP contribution is -2.06. The Labute approximate surface area is 95.4 Å². The number of hydrogen-bond donors (Lipinski definition) is 1. The van der Waals surface area contributed by atoms with Gasteiger partial charge in [-0.15, -0.1) is 0 Å². The Bertz CT molecular complexity index is 444. The molecule has 0 saturated heterocycles. The molecule has 0 spiro atoms. The van der Waals surface area contributed by atoms with Crippen LogP contribution in [-0.2, 0) is 13.1 Å². The number of rotatable bonds is 4. The molecule has 2 heterocycles. The van der Waals surface area contributed by atoms with E-state index in [0.717, 1.165) is 24.5 Å². The Morgan fingerprint density at radius 3 is 2.88 bits per heavy atom. The van der Waals surface area contributed by atoms with Crippen LogP contribution in [-0.4, -0.2) is 14.5 Å². The first-order chi connectivity index (χ1) is 7.79. The molecule has 2 aromatic heterocycles. The number of anilines is 1. The van der Waals surface area contributed by atoms with Crippen LogP contribution in [0.3, 0.4) is 0 Å². The van der Waals surface area contributed by atoms with Crippen LogP contribution in [0.25, 0.3) is 0 Å². The Morgan fingerprint density at radius 1 is 1.31 bits per heavy atom. The van der Waals surface area contributed by atoms with Crippen molar-refractivity contribution in [2.24, 2.45) is 0 Å². The van der Waals surface area contributed by atoms with Gasteiger partial charge in [-0.3, -0.25) is 4.98 Å². The zero-order valence-corrected chi connectivity index (χ0v) is 9.64. The van der Waals surface area contributed by atoms with Crippen molar-refractivity contribution in [2.45, 2.75) is 26.9 Å². The fourth-order valence-electron chi connectivity index (χ4n) is 1.55. The van der Waals surface area contributed by atoms with E-state index in [-0.39, 0.29) is 0 Å². The molecule has 4 nitrogen and oxygen atoms in total. The summed E-state index contributed by atoms with van der Waals surface area (Å²) in [6.45, 7) is 5.82. The molecule has 84 valence electrons. The molecule has 2 rings (SSSR count). The molecule has 0 fully saturated rings. The summed E-state index contributed by atoms with van der Waals surface area (Å²) in [4.78, 5) is 8.36. The van der Waals surface area contributed by atoms with Crippen molar-refractivity contribution in [1.82, 2.24) is 14.5 Å². The molecule has 0 saturated carbocycles. The van der Waals surface area contributed by atoms with Gasteiger partial charge in [0.05, 0.1) is 30.5 Å². The fraction of sp³-hybridized carbons (Fsp3) is 0.333. The summed E-state index contributed by atoms with van der Waals surface area (Å²) in [5.74, 6) is 0. The van der Waals surface area contributed by atoms with Gasteiger partial charge < -0.3 is 9.88 Å². The van der Waals surface area contributed by atoms with E-state index in [1.807, 2.05) is 37.8 Å². The van der Waals surface area contributed by atoms with E-state index in [0.29, 0.717) is 0 Å². The molecule has 1 N–H and O–H groups in total. The smallest absolute Gasteiger partial charge is 0.0948 e. The first-order valence-corrected chi connectivity index (χ1v) is 5.45. The lowest BCUT2D eigenvalue weighted by molar-refractivity contribution is 0.719. The number of nitrogens with one attached hydrogen (secondary N) is 1. The highest BCUT2D eigenvalue weighted by molar-refractivity contribution is 5.41. The van der Waals surface area contributed by atoms with Gasteiger partial charge in [0, 0.05) is 18.4 Å². The molecule has 0 aliphatic carbocycles. The third kappa shape index (κ3) is 2.39. The summed E-state index contributed by atoms with van der Waals surface area (Å²) < 4.78 is 2.12. The van der Waals surface area contributed by atoms with Gasteiger partial charge in [-0.05, 0) is 26.0 Å². The molecular formula is C12H16N4. The van der Waals surface area contributed by atoms with E-state index in [4.69, 9.17) is 0 Å². The summed E-state index contributed by atoms with van der Waals surface area (Å²) in [6, 6.07) is 4.04. The van der Waals surface area contributed by atoms with E-state index >= 15 is 0 Å². The Kier molecular flexibility index (Phi) is 3.19. The lowest BCUT2D eigenvalue weighted by atomic mass is 10.3. The predicted molar refractivity (Wildman–Crippen MR) is 64.2 cm³/mol. The molecule has 0 aliphatic heterocycles. The average molecular weight is 216 g/mol. The van der Waals surface area contributed by atoms with E-state index in [9.17, 15) is 0 Å². The van der Waals surface area contributed by atoms with Gasteiger partial charge in [0.2, 0.25) is 0 Å². The van der Waals surface area contributed by atoms with Crippen molar-refractivity contribution >= 4 is 5.69 Å². The van der Waals surface area contributed by atoms with Gasteiger partial charge in [0.25, 0.3) is 0 Å². The Hall–Kier alpha value is -1.84. The van der Waals surface area contributed by atoms with Crippen molar-refractivity contribution < 1.29 is 0 Å². The maximum Gasteiger partial charge on any atom is 0.0948 e. The number of imidazole rings is 1. The molecular weight excluding hydrogens is 200 g/mol.